The molecule has 5 nitrogen and oxygen atoms in total. The van der Waals surface area contributed by atoms with Gasteiger partial charge in [-0.1, -0.05) is 28.9 Å². The van der Waals surface area contributed by atoms with Crippen molar-refractivity contribution in [2.75, 3.05) is 0 Å². The van der Waals surface area contributed by atoms with Crippen molar-refractivity contribution in [2.24, 2.45) is 12.2 Å². The van der Waals surface area contributed by atoms with Crippen LogP contribution in [0.4, 0.5) is 13.2 Å². The zero-order chi connectivity index (χ0) is 16.3. The van der Waals surface area contributed by atoms with Gasteiger partial charge in [0.15, 0.2) is 5.69 Å². The minimum atomic E-state index is -4.75. The van der Waals surface area contributed by atoms with Gasteiger partial charge in [-0.15, -0.1) is 0 Å². The first-order chi connectivity index (χ1) is 10.3. The summed E-state index contributed by atoms with van der Waals surface area (Å²) in [7, 11) is 1.27. The second kappa shape index (κ2) is 6.18. The van der Waals surface area contributed by atoms with Crippen LogP contribution >= 0.6 is 11.6 Å². The van der Waals surface area contributed by atoms with Crippen LogP contribution in [-0.2, 0) is 18.1 Å². The van der Waals surface area contributed by atoms with Crippen molar-refractivity contribution in [3.63, 3.8) is 0 Å². The van der Waals surface area contributed by atoms with Gasteiger partial charge in [-0.2, -0.15) is 18.3 Å². The smallest absolute Gasteiger partial charge is 0.313 e. The van der Waals surface area contributed by atoms with Crippen LogP contribution in [0, 0.1) is 0 Å². The summed E-state index contributed by atoms with van der Waals surface area (Å²) in [5.41, 5.74) is -1.45. The average molecular weight is 332 g/mol. The highest BCUT2D eigenvalue weighted by atomic mass is 35.5. The van der Waals surface area contributed by atoms with Crippen molar-refractivity contribution in [1.29, 1.82) is 0 Å². The number of aryl methyl sites for hydroxylation is 1. The zero-order valence-corrected chi connectivity index (χ0v) is 11.9. The van der Waals surface area contributed by atoms with Crippen molar-refractivity contribution in [3.8, 4) is 0 Å². The summed E-state index contributed by atoms with van der Waals surface area (Å²) in [6.45, 7) is 0. The Morgan fingerprint density at radius 1 is 1.36 bits per heavy atom. The van der Waals surface area contributed by atoms with Gasteiger partial charge in [0.1, 0.15) is 5.56 Å². The second-order valence-electron chi connectivity index (χ2n) is 4.23. The molecule has 0 amide bonds. The Hall–Kier alpha value is -2.35. The third-order valence-electron chi connectivity index (χ3n) is 2.52. The van der Waals surface area contributed by atoms with Gasteiger partial charge >= 0.3 is 12.1 Å². The number of oxime groups is 1. The number of alkyl halides is 3. The zero-order valence-electron chi connectivity index (χ0n) is 11.1. The van der Waals surface area contributed by atoms with E-state index in [1.54, 1.807) is 24.3 Å². The van der Waals surface area contributed by atoms with E-state index in [0.717, 1.165) is 10.9 Å². The highest BCUT2D eigenvalue weighted by Gasteiger charge is 2.39. The molecule has 0 fully saturated rings. The highest BCUT2D eigenvalue weighted by Crippen LogP contribution is 2.30. The first kappa shape index (κ1) is 16.0. The molecule has 0 bridgehead atoms. The summed E-state index contributed by atoms with van der Waals surface area (Å²) in [6.07, 6.45) is -2.66. The third-order valence-corrected chi connectivity index (χ3v) is 2.78. The van der Waals surface area contributed by atoms with E-state index in [0.29, 0.717) is 10.6 Å². The van der Waals surface area contributed by atoms with Crippen LogP contribution in [0.25, 0.3) is 0 Å². The minimum absolute atomic E-state index is 0.513. The summed E-state index contributed by atoms with van der Waals surface area (Å²) >= 11 is 5.69. The molecule has 0 N–H and O–H groups in total. The number of carbonyl (C=O) groups is 1. The van der Waals surface area contributed by atoms with Gasteiger partial charge in [0.2, 0.25) is 0 Å². The number of carbonyl (C=O) groups excluding carboxylic acids is 1. The van der Waals surface area contributed by atoms with Crippen molar-refractivity contribution in [2.45, 2.75) is 6.18 Å². The fraction of sp³-hybridized carbons (Fsp3) is 0.154. The van der Waals surface area contributed by atoms with Crippen molar-refractivity contribution < 1.29 is 22.8 Å². The Kier molecular flexibility index (Phi) is 4.51. The van der Waals surface area contributed by atoms with Gasteiger partial charge in [0.05, 0.1) is 6.21 Å². The van der Waals surface area contributed by atoms with Crippen LogP contribution in [0.5, 0.6) is 0 Å². The van der Waals surface area contributed by atoms with E-state index < -0.39 is 23.4 Å². The average Bonchev–Trinajstić information content (AvgIpc) is 2.83. The summed E-state index contributed by atoms with van der Waals surface area (Å²) in [4.78, 5) is 16.1. The van der Waals surface area contributed by atoms with E-state index >= 15 is 0 Å². The van der Waals surface area contributed by atoms with Crippen LogP contribution in [0.3, 0.4) is 0 Å². The molecule has 1 aromatic heterocycles. The lowest BCUT2D eigenvalue weighted by atomic mass is 10.2. The van der Waals surface area contributed by atoms with E-state index in [4.69, 9.17) is 11.6 Å². The fourth-order valence-electron chi connectivity index (χ4n) is 1.58. The standard InChI is InChI=1S/C13H9ClF3N3O2/c1-20-7-10(11(19-20)13(15,16)17)12(21)22-18-6-8-2-4-9(14)5-3-8/h2-7H,1H3. The minimum Gasteiger partial charge on any atom is -0.313 e. The molecular weight excluding hydrogens is 323 g/mol. The Bertz CT molecular complexity index is 708. The summed E-state index contributed by atoms with van der Waals surface area (Å²) in [5.74, 6) is -1.24. The number of rotatable bonds is 3. The lowest BCUT2D eigenvalue weighted by Crippen LogP contribution is -2.13. The van der Waals surface area contributed by atoms with E-state index in [1.807, 2.05) is 0 Å². The van der Waals surface area contributed by atoms with E-state index in [1.165, 1.54) is 13.3 Å². The molecule has 1 aromatic carbocycles. The molecule has 0 radical (unpaired) electrons. The maximum absolute atomic E-state index is 12.7. The van der Waals surface area contributed by atoms with Gasteiger partial charge in [0.25, 0.3) is 0 Å². The van der Waals surface area contributed by atoms with Gasteiger partial charge in [-0.25, -0.2) is 4.79 Å². The number of benzene rings is 1. The van der Waals surface area contributed by atoms with Crippen molar-refractivity contribution in [3.05, 3.63) is 52.3 Å². The van der Waals surface area contributed by atoms with Crippen molar-refractivity contribution in [1.82, 2.24) is 9.78 Å². The molecule has 9 heteroatoms. The van der Waals surface area contributed by atoms with E-state index in [9.17, 15) is 18.0 Å². The molecule has 0 spiro atoms. The SMILES string of the molecule is Cn1cc(C(=O)ON=Cc2ccc(Cl)cc2)c(C(F)(F)F)n1. The number of hydrogen-bond acceptors (Lipinski definition) is 4. The van der Waals surface area contributed by atoms with Crippen LogP contribution < -0.4 is 0 Å². The Morgan fingerprint density at radius 3 is 2.59 bits per heavy atom. The summed E-state index contributed by atoms with van der Waals surface area (Å²) in [5, 5.41) is 7.07. The number of nitrogens with zero attached hydrogens (tertiary/aromatic N) is 3. The molecule has 1 heterocycles. The number of hydrogen-bond donors (Lipinski definition) is 0. The molecule has 0 saturated carbocycles. The van der Waals surface area contributed by atoms with Crippen LogP contribution in [0.2, 0.25) is 5.02 Å². The molecule has 116 valence electrons. The maximum atomic E-state index is 12.7. The monoisotopic (exact) mass is 331 g/mol. The topological polar surface area (TPSA) is 56.5 Å². The summed E-state index contributed by atoms with van der Waals surface area (Å²) < 4.78 is 39.0. The number of halogens is 4. The lowest BCUT2D eigenvalue weighted by molar-refractivity contribution is -0.142. The third kappa shape index (κ3) is 3.85. The molecule has 0 saturated heterocycles. The Morgan fingerprint density at radius 2 is 2.00 bits per heavy atom. The predicted octanol–water partition coefficient (Wildman–Crippen LogP) is 3.28. The maximum Gasteiger partial charge on any atom is 0.436 e. The highest BCUT2D eigenvalue weighted by molar-refractivity contribution is 6.30. The molecular formula is C13H9ClF3N3O2. The second-order valence-corrected chi connectivity index (χ2v) is 4.66. The van der Waals surface area contributed by atoms with Crippen LogP contribution in [0.1, 0.15) is 21.6 Å². The van der Waals surface area contributed by atoms with Gasteiger partial charge in [0, 0.05) is 18.3 Å². The molecule has 0 aliphatic rings. The quantitative estimate of drug-likeness (QED) is 0.492. The predicted molar refractivity (Wildman–Crippen MR) is 72.7 cm³/mol. The molecule has 22 heavy (non-hydrogen) atoms. The van der Waals surface area contributed by atoms with Crippen LogP contribution in [-0.4, -0.2) is 22.0 Å². The van der Waals surface area contributed by atoms with Gasteiger partial charge in [-0.3, -0.25) is 4.68 Å². The Labute approximate surface area is 127 Å². The lowest BCUT2D eigenvalue weighted by Gasteiger charge is -2.03. The molecule has 2 rings (SSSR count). The molecule has 0 atom stereocenters. The fourth-order valence-corrected chi connectivity index (χ4v) is 1.71. The van der Waals surface area contributed by atoms with E-state index in [-0.39, 0.29) is 0 Å². The van der Waals surface area contributed by atoms with Gasteiger partial charge < -0.3 is 4.84 Å². The normalized spacial score (nSPS) is 11.9. The van der Waals surface area contributed by atoms with E-state index in [2.05, 4.69) is 15.1 Å². The summed E-state index contributed by atoms with van der Waals surface area (Å²) in [6, 6.07) is 6.39. The van der Waals surface area contributed by atoms with Crippen molar-refractivity contribution >= 4 is 23.8 Å². The van der Waals surface area contributed by atoms with Crippen LogP contribution in [0.15, 0.2) is 35.6 Å². The molecule has 2 aromatic rings. The largest absolute Gasteiger partial charge is 0.436 e. The molecule has 0 aliphatic heterocycles. The first-order valence-electron chi connectivity index (χ1n) is 5.88. The first-order valence-corrected chi connectivity index (χ1v) is 6.26. The molecule has 0 aliphatic carbocycles. The number of aromatic nitrogens is 2. The Balaban J connectivity index is 2.11. The van der Waals surface area contributed by atoms with Gasteiger partial charge in [-0.05, 0) is 17.7 Å². The molecule has 0 unspecified atom stereocenters.